The standard InChI is InChI=1S/C20H24BClO3/c1-18(2)19(3,4)25-21(24-18)16-12-11-15(13-17(16)22)20(5,23)14-9-7-6-8-10-14/h6-13,23H,1-5H3. The number of rotatable bonds is 3. The van der Waals surface area contributed by atoms with E-state index in [1.165, 1.54) is 0 Å². The quantitative estimate of drug-likeness (QED) is 0.846. The Labute approximate surface area is 155 Å². The van der Waals surface area contributed by atoms with E-state index in [9.17, 15) is 5.11 Å². The smallest absolute Gasteiger partial charge is 0.399 e. The Morgan fingerprint density at radius 2 is 1.48 bits per heavy atom. The minimum atomic E-state index is -1.13. The van der Waals surface area contributed by atoms with Crippen LogP contribution < -0.4 is 5.46 Å². The van der Waals surface area contributed by atoms with E-state index in [-0.39, 0.29) is 0 Å². The van der Waals surface area contributed by atoms with E-state index in [2.05, 4.69) is 0 Å². The normalized spacial score (nSPS) is 21.2. The molecule has 0 saturated carbocycles. The molecular weight excluding hydrogens is 334 g/mol. The molecule has 1 fully saturated rings. The van der Waals surface area contributed by atoms with Gasteiger partial charge in [-0.3, -0.25) is 0 Å². The van der Waals surface area contributed by atoms with Crippen molar-refractivity contribution in [2.45, 2.75) is 51.4 Å². The molecule has 3 rings (SSSR count). The van der Waals surface area contributed by atoms with Gasteiger partial charge in [0.25, 0.3) is 0 Å². The van der Waals surface area contributed by atoms with E-state index < -0.39 is 23.9 Å². The molecular formula is C20H24BClO3. The third kappa shape index (κ3) is 3.24. The summed E-state index contributed by atoms with van der Waals surface area (Å²) >= 11 is 6.52. The largest absolute Gasteiger partial charge is 0.496 e. The highest BCUT2D eigenvalue weighted by atomic mass is 35.5. The van der Waals surface area contributed by atoms with Crippen LogP contribution in [0.4, 0.5) is 0 Å². The van der Waals surface area contributed by atoms with Gasteiger partial charge in [-0.1, -0.05) is 54.1 Å². The molecule has 25 heavy (non-hydrogen) atoms. The summed E-state index contributed by atoms with van der Waals surface area (Å²) in [5, 5.41) is 11.5. The highest BCUT2D eigenvalue weighted by Gasteiger charge is 2.52. The summed E-state index contributed by atoms with van der Waals surface area (Å²) in [6.45, 7) is 9.80. The highest BCUT2D eigenvalue weighted by Crippen LogP contribution is 2.37. The van der Waals surface area contributed by atoms with Gasteiger partial charge in [-0.15, -0.1) is 0 Å². The van der Waals surface area contributed by atoms with Gasteiger partial charge in [0.05, 0.1) is 11.2 Å². The monoisotopic (exact) mass is 358 g/mol. The lowest BCUT2D eigenvalue weighted by Gasteiger charge is -2.32. The lowest BCUT2D eigenvalue weighted by molar-refractivity contribution is 0.00578. The maximum Gasteiger partial charge on any atom is 0.496 e. The van der Waals surface area contributed by atoms with Crippen LogP contribution in [0, 0.1) is 0 Å². The lowest BCUT2D eigenvalue weighted by atomic mass is 9.77. The van der Waals surface area contributed by atoms with Crippen LogP contribution >= 0.6 is 11.6 Å². The third-order valence-electron chi connectivity index (χ3n) is 5.41. The van der Waals surface area contributed by atoms with Gasteiger partial charge in [-0.05, 0) is 51.8 Å². The second-order valence-corrected chi connectivity index (χ2v) is 8.17. The summed E-state index contributed by atoms with van der Waals surface area (Å²) in [6.07, 6.45) is 0. The average Bonchev–Trinajstić information content (AvgIpc) is 2.76. The van der Waals surface area contributed by atoms with E-state index in [1.807, 2.05) is 70.2 Å². The van der Waals surface area contributed by atoms with E-state index in [1.54, 1.807) is 13.0 Å². The van der Waals surface area contributed by atoms with Crippen LogP contribution in [0.1, 0.15) is 45.7 Å². The second-order valence-electron chi connectivity index (χ2n) is 7.76. The van der Waals surface area contributed by atoms with Crippen molar-refractivity contribution in [1.29, 1.82) is 0 Å². The van der Waals surface area contributed by atoms with Crippen LogP contribution in [0.5, 0.6) is 0 Å². The zero-order valence-electron chi connectivity index (χ0n) is 15.3. The molecule has 2 aromatic carbocycles. The summed E-state index contributed by atoms with van der Waals surface area (Å²) in [5.41, 5.74) is 0.343. The molecule has 2 aromatic rings. The Kier molecular flexibility index (Phi) is 4.53. The van der Waals surface area contributed by atoms with Crippen molar-refractivity contribution in [2.75, 3.05) is 0 Å². The maximum absolute atomic E-state index is 11.0. The Balaban J connectivity index is 1.93. The minimum Gasteiger partial charge on any atom is -0.399 e. The summed E-state index contributed by atoms with van der Waals surface area (Å²) in [6, 6.07) is 15.1. The molecule has 1 N–H and O–H groups in total. The Hall–Kier alpha value is -1.33. The second kappa shape index (κ2) is 6.13. The molecule has 1 aliphatic rings. The molecule has 1 heterocycles. The van der Waals surface area contributed by atoms with Crippen molar-refractivity contribution in [3.63, 3.8) is 0 Å². The van der Waals surface area contributed by atoms with Crippen LogP contribution in [0.3, 0.4) is 0 Å². The van der Waals surface area contributed by atoms with Gasteiger partial charge in [0.1, 0.15) is 5.60 Å². The van der Waals surface area contributed by atoms with E-state index in [4.69, 9.17) is 20.9 Å². The zero-order chi connectivity index (χ0) is 18.5. The minimum absolute atomic E-state index is 0.421. The SMILES string of the molecule is CC(O)(c1ccccc1)c1ccc(B2OC(C)(C)C(C)(C)O2)c(Cl)c1. The van der Waals surface area contributed by atoms with Gasteiger partial charge in [-0.25, -0.2) is 0 Å². The van der Waals surface area contributed by atoms with Gasteiger partial charge >= 0.3 is 7.12 Å². The topological polar surface area (TPSA) is 38.7 Å². The van der Waals surface area contributed by atoms with Crippen LogP contribution in [0.25, 0.3) is 0 Å². The molecule has 1 saturated heterocycles. The Morgan fingerprint density at radius 1 is 0.920 bits per heavy atom. The first-order chi connectivity index (χ1) is 11.5. The molecule has 0 aliphatic carbocycles. The molecule has 5 heteroatoms. The number of benzene rings is 2. The van der Waals surface area contributed by atoms with Gasteiger partial charge < -0.3 is 14.4 Å². The van der Waals surface area contributed by atoms with E-state index in [0.717, 1.165) is 16.6 Å². The fourth-order valence-corrected chi connectivity index (χ4v) is 3.19. The number of aliphatic hydroxyl groups is 1. The molecule has 1 aliphatic heterocycles. The van der Waals surface area contributed by atoms with Crippen molar-refractivity contribution in [3.05, 3.63) is 64.7 Å². The predicted octanol–water partition coefficient (Wildman–Crippen LogP) is 3.90. The summed E-state index contributed by atoms with van der Waals surface area (Å²) in [5.74, 6) is 0. The molecule has 0 aromatic heterocycles. The first-order valence-corrected chi connectivity index (χ1v) is 8.86. The third-order valence-corrected chi connectivity index (χ3v) is 5.73. The van der Waals surface area contributed by atoms with Gasteiger partial charge in [0.15, 0.2) is 0 Å². The van der Waals surface area contributed by atoms with Crippen molar-refractivity contribution in [3.8, 4) is 0 Å². The number of hydrogen-bond acceptors (Lipinski definition) is 3. The Morgan fingerprint density at radius 3 is 2.00 bits per heavy atom. The molecule has 132 valence electrons. The molecule has 0 amide bonds. The summed E-state index contributed by atoms with van der Waals surface area (Å²) < 4.78 is 12.1. The van der Waals surface area contributed by atoms with Crippen LogP contribution in [0.2, 0.25) is 5.02 Å². The molecule has 1 unspecified atom stereocenters. The van der Waals surface area contributed by atoms with E-state index >= 15 is 0 Å². The average molecular weight is 359 g/mol. The highest BCUT2D eigenvalue weighted by molar-refractivity contribution is 6.65. The molecule has 0 radical (unpaired) electrons. The zero-order valence-corrected chi connectivity index (χ0v) is 16.1. The first-order valence-electron chi connectivity index (χ1n) is 8.48. The molecule has 0 spiro atoms. The van der Waals surface area contributed by atoms with Crippen LogP contribution in [-0.2, 0) is 14.9 Å². The van der Waals surface area contributed by atoms with Crippen molar-refractivity contribution in [1.82, 2.24) is 0 Å². The van der Waals surface area contributed by atoms with Crippen molar-refractivity contribution in [2.24, 2.45) is 0 Å². The van der Waals surface area contributed by atoms with Gasteiger partial charge in [-0.2, -0.15) is 0 Å². The fourth-order valence-electron chi connectivity index (χ4n) is 2.92. The van der Waals surface area contributed by atoms with Crippen molar-refractivity contribution >= 4 is 24.2 Å². The van der Waals surface area contributed by atoms with Gasteiger partial charge in [0.2, 0.25) is 0 Å². The molecule has 3 nitrogen and oxygen atoms in total. The van der Waals surface area contributed by atoms with Gasteiger partial charge in [0, 0.05) is 10.5 Å². The molecule has 0 bridgehead atoms. The number of halogens is 1. The predicted molar refractivity (Wildman–Crippen MR) is 102 cm³/mol. The Bertz CT molecular complexity index is 756. The van der Waals surface area contributed by atoms with Crippen LogP contribution in [0.15, 0.2) is 48.5 Å². The summed E-state index contributed by atoms with van der Waals surface area (Å²) in [7, 11) is -0.520. The summed E-state index contributed by atoms with van der Waals surface area (Å²) in [4.78, 5) is 0. The van der Waals surface area contributed by atoms with E-state index in [0.29, 0.717) is 5.02 Å². The number of hydrogen-bond donors (Lipinski definition) is 1. The van der Waals surface area contributed by atoms with Crippen molar-refractivity contribution < 1.29 is 14.4 Å². The first kappa shape index (κ1) is 18.5. The lowest BCUT2D eigenvalue weighted by Crippen LogP contribution is -2.41. The maximum atomic E-state index is 11.0. The molecule has 1 atom stereocenters. The van der Waals surface area contributed by atoms with Crippen LogP contribution in [-0.4, -0.2) is 23.4 Å². The fraction of sp³-hybridized carbons (Fsp3) is 0.400.